The Morgan fingerprint density at radius 3 is 2.82 bits per heavy atom. The Labute approximate surface area is 99.8 Å². The van der Waals surface area contributed by atoms with E-state index in [9.17, 15) is 9.18 Å². The summed E-state index contributed by atoms with van der Waals surface area (Å²) in [4.78, 5) is 11.7. The van der Waals surface area contributed by atoms with Gasteiger partial charge in [0.15, 0.2) is 0 Å². The van der Waals surface area contributed by atoms with Gasteiger partial charge in [-0.2, -0.15) is 0 Å². The Balaban J connectivity index is 2.30. The first-order valence-corrected chi connectivity index (χ1v) is 5.90. The Kier molecular flexibility index (Phi) is 3.31. The first-order chi connectivity index (χ1) is 8.15. The molecule has 1 aromatic rings. The van der Waals surface area contributed by atoms with Crippen LogP contribution in [0.3, 0.4) is 0 Å². The normalized spacial score (nSPS) is 14.7. The molecule has 2 rings (SSSR count). The standard InChI is InChI=1S/C13H16FNO2/c1-2-7-17-13(16)11-10(15)6-5-9(12(11)14)8-3-4-8/h5-6,8H,2-4,7,15H2,1H3. The third kappa shape index (κ3) is 2.40. The third-order valence-electron chi connectivity index (χ3n) is 2.86. The summed E-state index contributed by atoms with van der Waals surface area (Å²) in [7, 11) is 0. The summed E-state index contributed by atoms with van der Waals surface area (Å²) in [6, 6.07) is 3.25. The predicted molar refractivity (Wildman–Crippen MR) is 63.4 cm³/mol. The van der Waals surface area contributed by atoms with Gasteiger partial charge in [-0.05, 0) is 36.8 Å². The van der Waals surface area contributed by atoms with Crippen molar-refractivity contribution in [2.45, 2.75) is 32.1 Å². The van der Waals surface area contributed by atoms with Gasteiger partial charge in [-0.3, -0.25) is 0 Å². The van der Waals surface area contributed by atoms with E-state index in [2.05, 4.69) is 0 Å². The van der Waals surface area contributed by atoms with Crippen LogP contribution in [-0.2, 0) is 4.74 Å². The maximum Gasteiger partial charge on any atom is 0.343 e. The van der Waals surface area contributed by atoms with Crippen LogP contribution in [0.4, 0.5) is 10.1 Å². The van der Waals surface area contributed by atoms with Gasteiger partial charge in [0.1, 0.15) is 11.4 Å². The summed E-state index contributed by atoms with van der Waals surface area (Å²) in [6.07, 6.45) is 2.66. The van der Waals surface area contributed by atoms with Crippen molar-refractivity contribution in [2.24, 2.45) is 0 Å². The molecule has 1 fully saturated rings. The fourth-order valence-electron chi connectivity index (χ4n) is 1.79. The topological polar surface area (TPSA) is 52.3 Å². The lowest BCUT2D eigenvalue weighted by Gasteiger charge is -2.10. The van der Waals surface area contributed by atoms with Crippen LogP contribution in [0.2, 0.25) is 0 Å². The number of rotatable bonds is 4. The Hall–Kier alpha value is -1.58. The number of hydrogen-bond acceptors (Lipinski definition) is 3. The van der Waals surface area contributed by atoms with Crippen LogP contribution < -0.4 is 5.73 Å². The number of halogens is 1. The second-order valence-electron chi connectivity index (χ2n) is 4.34. The van der Waals surface area contributed by atoms with E-state index < -0.39 is 11.8 Å². The highest BCUT2D eigenvalue weighted by Crippen LogP contribution is 2.42. The zero-order valence-corrected chi connectivity index (χ0v) is 9.83. The smallest absolute Gasteiger partial charge is 0.343 e. The van der Waals surface area contributed by atoms with Crippen LogP contribution >= 0.6 is 0 Å². The molecule has 0 bridgehead atoms. The molecule has 17 heavy (non-hydrogen) atoms. The van der Waals surface area contributed by atoms with E-state index >= 15 is 0 Å². The third-order valence-corrected chi connectivity index (χ3v) is 2.86. The Morgan fingerprint density at radius 2 is 2.24 bits per heavy atom. The van der Waals surface area contributed by atoms with Crippen molar-refractivity contribution in [2.75, 3.05) is 12.3 Å². The molecule has 92 valence electrons. The van der Waals surface area contributed by atoms with Gasteiger partial charge < -0.3 is 10.5 Å². The molecule has 3 nitrogen and oxygen atoms in total. The van der Waals surface area contributed by atoms with Crippen LogP contribution in [0.25, 0.3) is 0 Å². The molecule has 1 saturated carbocycles. The zero-order valence-electron chi connectivity index (χ0n) is 9.83. The van der Waals surface area contributed by atoms with Gasteiger partial charge in [0.2, 0.25) is 0 Å². The number of esters is 1. The van der Waals surface area contributed by atoms with E-state index in [1.54, 1.807) is 12.1 Å². The van der Waals surface area contributed by atoms with Crippen LogP contribution in [0, 0.1) is 5.82 Å². The highest BCUT2D eigenvalue weighted by atomic mass is 19.1. The van der Waals surface area contributed by atoms with Crippen molar-refractivity contribution in [3.05, 3.63) is 29.1 Å². The number of carbonyl (C=O) groups is 1. The summed E-state index contributed by atoms with van der Waals surface area (Å²) in [5, 5.41) is 0. The number of benzene rings is 1. The largest absolute Gasteiger partial charge is 0.462 e. The van der Waals surface area contributed by atoms with Gasteiger partial charge in [-0.1, -0.05) is 13.0 Å². The molecular weight excluding hydrogens is 221 g/mol. The average molecular weight is 237 g/mol. The first-order valence-electron chi connectivity index (χ1n) is 5.90. The SMILES string of the molecule is CCCOC(=O)c1c(N)ccc(C2CC2)c1F. The van der Waals surface area contributed by atoms with Crippen LogP contribution in [0.15, 0.2) is 12.1 Å². The maximum atomic E-state index is 14.1. The summed E-state index contributed by atoms with van der Waals surface area (Å²) in [5.41, 5.74) is 6.27. The second kappa shape index (κ2) is 4.73. The monoisotopic (exact) mass is 237 g/mol. The van der Waals surface area contributed by atoms with E-state index in [-0.39, 0.29) is 23.8 Å². The van der Waals surface area contributed by atoms with E-state index in [1.807, 2.05) is 6.92 Å². The van der Waals surface area contributed by atoms with Gasteiger partial charge in [-0.15, -0.1) is 0 Å². The van der Waals surface area contributed by atoms with Crippen molar-refractivity contribution in [1.29, 1.82) is 0 Å². The number of hydrogen-bond donors (Lipinski definition) is 1. The predicted octanol–water partition coefficient (Wildman–Crippen LogP) is 2.85. The molecule has 2 N–H and O–H groups in total. The average Bonchev–Trinajstić information content (AvgIpc) is 3.10. The van der Waals surface area contributed by atoms with Crippen molar-refractivity contribution in [3.63, 3.8) is 0 Å². The molecule has 0 saturated heterocycles. The van der Waals surface area contributed by atoms with Gasteiger partial charge in [0.25, 0.3) is 0 Å². The lowest BCUT2D eigenvalue weighted by Crippen LogP contribution is -2.12. The lowest BCUT2D eigenvalue weighted by atomic mass is 10.0. The molecule has 0 amide bonds. The highest BCUT2D eigenvalue weighted by Gasteiger charge is 2.30. The quantitative estimate of drug-likeness (QED) is 0.647. The Bertz CT molecular complexity index is 441. The fourth-order valence-corrected chi connectivity index (χ4v) is 1.79. The van der Waals surface area contributed by atoms with E-state index in [0.717, 1.165) is 12.8 Å². The Morgan fingerprint density at radius 1 is 1.53 bits per heavy atom. The van der Waals surface area contributed by atoms with Gasteiger partial charge in [-0.25, -0.2) is 9.18 Å². The minimum Gasteiger partial charge on any atom is -0.462 e. The number of anilines is 1. The molecule has 0 unspecified atom stereocenters. The van der Waals surface area contributed by atoms with Crippen molar-refractivity contribution in [1.82, 2.24) is 0 Å². The molecule has 4 heteroatoms. The van der Waals surface area contributed by atoms with Gasteiger partial charge in [0.05, 0.1) is 6.61 Å². The van der Waals surface area contributed by atoms with Crippen molar-refractivity contribution < 1.29 is 13.9 Å². The summed E-state index contributed by atoms with van der Waals surface area (Å²) >= 11 is 0. The summed E-state index contributed by atoms with van der Waals surface area (Å²) in [5.74, 6) is -0.925. The lowest BCUT2D eigenvalue weighted by molar-refractivity contribution is 0.0501. The van der Waals surface area contributed by atoms with Crippen molar-refractivity contribution in [3.8, 4) is 0 Å². The molecular formula is C13H16FNO2. The molecule has 1 aliphatic rings. The van der Waals surface area contributed by atoms with Gasteiger partial charge >= 0.3 is 5.97 Å². The molecule has 0 atom stereocenters. The molecule has 0 radical (unpaired) electrons. The van der Waals surface area contributed by atoms with Crippen LogP contribution in [0.5, 0.6) is 0 Å². The molecule has 0 aromatic heterocycles. The first kappa shape index (κ1) is 11.9. The summed E-state index contributed by atoms with van der Waals surface area (Å²) < 4.78 is 19.1. The van der Waals surface area contributed by atoms with Gasteiger partial charge in [0, 0.05) is 5.69 Å². The molecule has 1 aliphatic carbocycles. The number of nitrogen functional groups attached to an aromatic ring is 1. The molecule has 1 aromatic carbocycles. The minimum absolute atomic E-state index is 0.108. The molecule has 0 heterocycles. The maximum absolute atomic E-state index is 14.1. The second-order valence-corrected chi connectivity index (χ2v) is 4.34. The minimum atomic E-state index is -0.663. The number of ether oxygens (including phenoxy) is 1. The van der Waals surface area contributed by atoms with Crippen LogP contribution in [0.1, 0.15) is 48.0 Å². The van der Waals surface area contributed by atoms with Crippen molar-refractivity contribution >= 4 is 11.7 Å². The number of nitrogens with two attached hydrogens (primary N) is 1. The summed E-state index contributed by atoms with van der Waals surface area (Å²) in [6.45, 7) is 2.17. The fraction of sp³-hybridized carbons (Fsp3) is 0.462. The van der Waals surface area contributed by atoms with Crippen LogP contribution in [-0.4, -0.2) is 12.6 Å². The van der Waals surface area contributed by atoms with E-state index in [0.29, 0.717) is 12.0 Å². The number of carbonyl (C=O) groups excluding carboxylic acids is 1. The van der Waals surface area contributed by atoms with E-state index in [4.69, 9.17) is 10.5 Å². The molecule has 0 aliphatic heterocycles. The molecule has 0 spiro atoms. The highest BCUT2D eigenvalue weighted by molar-refractivity contribution is 5.95. The zero-order chi connectivity index (χ0) is 12.4. The van der Waals surface area contributed by atoms with E-state index in [1.165, 1.54) is 0 Å².